The Kier molecular flexibility index (Phi) is 4.17. The minimum absolute atomic E-state index is 0.876. The van der Waals surface area contributed by atoms with Crippen molar-refractivity contribution in [3.05, 3.63) is 64.6 Å². The summed E-state index contributed by atoms with van der Waals surface area (Å²) in [6, 6.07) is 16.6. The predicted molar refractivity (Wildman–Crippen MR) is 115 cm³/mol. The van der Waals surface area contributed by atoms with Crippen molar-refractivity contribution in [3.63, 3.8) is 0 Å². The number of aromatic nitrogens is 3. The van der Waals surface area contributed by atoms with Gasteiger partial charge in [0, 0.05) is 31.6 Å². The summed E-state index contributed by atoms with van der Waals surface area (Å²) in [7, 11) is 0. The second-order valence-electron chi connectivity index (χ2n) is 5.60. The van der Waals surface area contributed by atoms with Crippen molar-refractivity contribution in [2.24, 2.45) is 0 Å². The molecule has 0 aliphatic heterocycles. The first-order valence-corrected chi connectivity index (χ1v) is 11.0. The van der Waals surface area contributed by atoms with E-state index < -0.39 is 0 Å². The molecule has 0 atom stereocenters. The van der Waals surface area contributed by atoms with Crippen LogP contribution in [0.5, 0.6) is 0 Å². The largest absolute Gasteiger partial charge is 0.252 e. The summed E-state index contributed by atoms with van der Waals surface area (Å²) in [4.78, 5) is 8.22. The number of benzene rings is 1. The highest BCUT2D eigenvalue weighted by molar-refractivity contribution is 9.10. The third-order valence-corrected chi connectivity index (χ3v) is 7.30. The Morgan fingerprint density at radius 3 is 2.46 bits per heavy atom. The molecule has 26 heavy (non-hydrogen) atoms. The van der Waals surface area contributed by atoms with Gasteiger partial charge in [-0.2, -0.15) is 8.75 Å². The molecule has 4 heterocycles. The first-order valence-electron chi connectivity index (χ1n) is 7.81. The molecule has 4 aromatic heterocycles. The lowest BCUT2D eigenvalue weighted by atomic mass is 10.1. The Hall–Kier alpha value is -1.93. The minimum atomic E-state index is 0.876. The lowest BCUT2D eigenvalue weighted by molar-refractivity contribution is 1.36. The molecule has 0 bridgehead atoms. The normalized spacial score (nSPS) is 11.3. The predicted octanol–water partition coefficient (Wildman–Crippen LogP) is 6.97. The van der Waals surface area contributed by atoms with Crippen LogP contribution in [0.25, 0.3) is 42.5 Å². The second-order valence-corrected chi connectivity index (χ2v) is 9.02. The first-order chi connectivity index (χ1) is 12.8. The average Bonchev–Trinajstić information content (AvgIpc) is 3.41. The average molecular weight is 456 g/mol. The molecule has 0 fully saturated rings. The molecule has 126 valence electrons. The van der Waals surface area contributed by atoms with Gasteiger partial charge in [-0.05, 0) is 29.6 Å². The van der Waals surface area contributed by atoms with Crippen molar-refractivity contribution < 1.29 is 0 Å². The Bertz CT molecular complexity index is 1210. The zero-order chi connectivity index (χ0) is 17.5. The van der Waals surface area contributed by atoms with E-state index in [0.29, 0.717) is 0 Å². The van der Waals surface area contributed by atoms with Crippen molar-refractivity contribution in [1.29, 1.82) is 0 Å². The fourth-order valence-corrected chi connectivity index (χ4v) is 5.81. The standard InChI is InChI=1S/C19H10BrN3S3/c20-13-5-2-1-4-11(13)15-7-8-16(25-15)18-19-17(22-26-23-19)12(10-21-18)14-6-3-9-24-14/h1-10H. The Balaban J connectivity index is 1.64. The quantitative estimate of drug-likeness (QED) is 0.294. The fourth-order valence-electron chi connectivity index (χ4n) is 2.84. The SMILES string of the molecule is Brc1ccccc1-c1ccc(-c2ncc(-c3cccs3)c3nsnc23)s1. The molecule has 0 amide bonds. The summed E-state index contributed by atoms with van der Waals surface area (Å²) in [6.45, 7) is 0. The lowest BCUT2D eigenvalue weighted by Gasteiger charge is -2.03. The number of hydrogen-bond acceptors (Lipinski definition) is 6. The Morgan fingerprint density at radius 1 is 0.769 bits per heavy atom. The van der Waals surface area contributed by atoms with E-state index in [4.69, 9.17) is 4.98 Å². The number of thiophene rings is 2. The van der Waals surface area contributed by atoms with E-state index in [1.54, 1.807) is 22.7 Å². The molecule has 3 nitrogen and oxygen atoms in total. The molecule has 0 N–H and O–H groups in total. The van der Waals surface area contributed by atoms with Crippen LogP contribution in [0.4, 0.5) is 0 Å². The van der Waals surface area contributed by atoms with Gasteiger partial charge in [-0.15, -0.1) is 22.7 Å². The maximum absolute atomic E-state index is 4.74. The van der Waals surface area contributed by atoms with E-state index in [1.165, 1.54) is 27.0 Å². The second kappa shape index (κ2) is 6.66. The van der Waals surface area contributed by atoms with Gasteiger partial charge in [0.15, 0.2) is 0 Å². The minimum Gasteiger partial charge on any atom is -0.252 e. The van der Waals surface area contributed by atoms with Gasteiger partial charge in [0.1, 0.15) is 16.7 Å². The third-order valence-electron chi connectivity index (χ3n) is 4.06. The molecule has 5 aromatic rings. The lowest BCUT2D eigenvalue weighted by Crippen LogP contribution is -1.86. The van der Waals surface area contributed by atoms with Gasteiger partial charge < -0.3 is 0 Å². The molecule has 5 rings (SSSR count). The summed E-state index contributed by atoms with van der Waals surface area (Å²) < 4.78 is 10.2. The van der Waals surface area contributed by atoms with Gasteiger partial charge >= 0.3 is 0 Å². The molecule has 7 heteroatoms. The van der Waals surface area contributed by atoms with Crippen LogP contribution in [-0.2, 0) is 0 Å². The van der Waals surface area contributed by atoms with E-state index in [2.05, 4.69) is 66.5 Å². The van der Waals surface area contributed by atoms with Gasteiger partial charge in [-0.1, -0.05) is 40.2 Å². The highest BCUT2D eigenvalue weighted by atomic mass is 79.9. The first kappa shape index (κ1) is 16.3. The summed E-state index contributed by atoms with van der Waals surface area (Å²) in [5, 5.41) is 2.07. The van der Waals surface area contributed by atoms with Gasteiger partial charge in [0.05, 0.1) is 16.6 Å². The molecule has 0 spiro atoms. The molecule has 0 saturated heterocycles. The van der Waals surface area contributed by atoms with E-state index in [9.17, 15) is 0 Å². The maximum Gasteiger partial charge on any atom is 0.132 e. The summed E-state index contributed by atoms with van der Waals surface area (Å²) in [5.41, 5.74) is 4.94. The van der Waals surface area contributed by atoms with E-state index >= 15 is 0 Å². The van der Waals surface area contributed by atoms with E-state index in [-0.39, 0.29) is 0 Å². The van der Waals surface area contributed by atoms with Crippen molar-refractivity contribution >= 4 is 61.4 Å². The van der Waals surface area contributed by atoms with Crippen molar-refractivity contribution in [3.8, 4) is 31.5 Å². The van der Waals surface area contributed by atoms with Crippen LogP contribution in [0.15, 0.2) is 64.6 Å². The number of pyridine rings is 1. The Morgan fingerprint density at radius 2 is 1.62 bits per heavy atom. The molecular weight excluding hydrogens is 446 g/mol. The molecule has 0 radical (unpaired) electrons. The van der Waals surface area contributed by atoms with Crippen molar-refractivity contribution in [2.45, 2.75) is 0 Å². The molecule has 0 unspecified atom stereocenters. The van der Waals surface area contributed by atoms with Crippen LogP contribution in [0.1, 0.15) is 0 Å². The number of hydrogen-bond donors (Lipinski definition) is 0. The van der Waals surface area contributed by atoms with Gasteiger partial charge in [-0.3, -0.25) is 4.98 Å². The van der Waals surface area contributed by atoms with Gasteiger partial charge in [-0.25, -0.2) is 0 Å². The third kappa shape index (κ3) is 2.72. The molecule has 0 aliphatic carbocycles. The van der Waals surface area contributed by atoms with Crippen LogP contribution in [-0.4, -0.2) is 13.7 Å². The maximum atomic E-state index is 4.74. The van der Waals surface area contributed by atoms with Crippen LogP contribution in [0.2, 0.25) is 0 Å². The topological polar surface area (TPSA) is 38.7 Å². The highest BCUT2D eigenvalue weighted by Crippen LogP contribution is 2.40. The van der Waals surface area contributed by atoms with Crippen LogP contribution < -0.4 is 0 Å². The van der Waals surface area contributed by atoms with Gasteiger partial charge in [0.25, 0.3) is 0 Å². The highest BCUT2D eigenvalue weighted by Gasteiger charge is 2.17. The number of fused-ring (bicyclic) bond motifs is 1. The molecule has 0 aliphatic rings. The molecule has 0 saturated carbocycles. The molecule has 1 aromatic carbocycles. The number of nitrogens with zero attached hydrogens (tertiary/aromatic N) is 3. The Labute approximate surface area is 170 Å². The zero-order valence-electron chi connectivity index (χ0n) is 13.2. The van der Waals surface area contributed by atoms with Crippen LogP contribution >= 0.6 is 50.3 Å². The van der Waals surface area contributed by atoms with Gasteiger partial charge in [0.2, 0.25) is 0 Å². The smallest absolute Gasteiger partial charge is 0.132 e. The van der Waals surface area contributed by atoms with Crippen LogP contribution in [0, 0.1) is 0 Å². The summed E-state index contributed by atoms with van der Waals surface area (Å²) in [6.07, 6.45) is 1.92. The van der Waals surface area contributed by atoms with Crippen molar-refractivity contribution in [2.75, 3.05) is 0 Å². The van der Waals surface area contributed by atoms with E-state index in [0.717, 1.165) is 31.6 Å². The van der Waals surface area contributed by atoms with E-state index in [1.807, 2.05) is 18.3 Å². The summed E-state index contributed by atoms with van der Waals surface area (Å²) >= 11 is 8.29. The number of rotatable bonds is 3. The van der Waals surface area contributed by atoms with Crippen LogP contribution in [0.3, 0.4) is 0 Å². The summed E-state index contributed by atoms with van der Waals surface area (Å²) in [5.74, 6) is 0. The molecular formula is C19H10BrN3S3. The van der Waals surface area contributed by atoms with Crippen molar-refractivity contribution in [1.82, 2.24) is 13.7 Å². The monoisotopic (exact) mass is 455 g/mol. The zero-order valence-corrected chi connectivity index (χ0v) is 17.3. The number of halogens is 1. The fraction of sp³-hybridized carbons (Fsp3) is 0.